The third kappa shape index (κ3) is 3.71. The lowest BCUT2D eigenvalue weighted by atomic mass is 10.0. The number of ether oxygens (including phenoxy) is 3. The van der Waals surface area contributed by atoms with Crippen LogP contribution in [-0.4, -0.2) is 39.5 Å². The van der Waals surface area contributed by atoms with Crippen LogP contribution in [0.15, 0.2) is 59.8 Å². The zero-order valence-corrected chi connectivity index (χ0v) is 15.5. The monoisotopic (exact) mass is 367 g/mol. The van der Waals surface area contributed by atoms with E-state index in [0.717, 1.165) is 22.4 Å². The van der Waals surface area contributed by atoms with Crippen molar-refractivity contribution < 1.29 is 23.8 Å². The summed E-state index contributed by atoms with van der Waals surface area (Å²) in [6, 6.07) is 15.7. The molecule has 0 aromatic heterocycles. The van der Waals surface area contributed by atoms with Crippen molar-refractivity contribution in [1.82, 2.24) is 0 Å². The Morgan fingerprint density at radius 2 is 1.63 bits per heavy atom. The van der Waals surface area contributed by atoms with Crippen molar-refractivity contribution in [2.75, 3.05) is 32.5 Å². The van der Waals surface area contributed by atoms with Gasteiger partial charge in [0.25, 0.3) is 0 Å². The molecule has 0 N–H and O–H groups in total. The zero-order chi connectivity index (χ0) is 19.4. The van der Waals surface area contributed by atoms with Gasteiger partial charge < -0.3 is 19.1 Å². The molecule has 0 radical (unpaired) electrons. The molecule has 2 aromatic rings. The number of rotatable bonds is 4. The number of benzene rings is 2. The first-order valence-electron chi connectivity index (χ1n) is 8.48. The first-order valence-corrected chi connectivity index (χ1v) is 8.48. The van der Waals surface area contributed by atoms with Gasteiger partial charge in [0.05, 0.1) is 32.1 Å². The summed E-state index contributed by atoms with van der Waals surface area (Å²) in [5.41, 5.74) is 4.06. The van der Waals surface area contributed by atoms with Gasteiger partial charge >= 0.3 is 11.9 Å². The van der Waals surface area contributed by atoms with E-state index in [1.54, 1.807) is 4.90 Å². The second kappa shape index (κ2) is 8.05. The highest BCUT2D eigenvalue weighted by Crippen LogP contribution is 2.35. The van der Waals surface area contributed by atoms with Gasteiger partial charge in [0.1, 0.15) is 12.4 Å². The summed E-state index contributed by atoms with van der Waals surface area (Å²) in [4.78, 5) is 26.3. The van der Waals surface area contributed by atoms with Crippen LogP contribution in [0.4, 0.5) is 5.69 Å². The van der Waals surface area contributed by atoms with E-state index in [-0.39, 0.29) is 24.6 Å². The Morgan fingerprint density at radius 1 is 0.963 bits per heavy atom. The highest BCUT2D eigenvalue weighted by molar-refractivity contribution is 6.04. The van der Waals surface area contributed by atoms with Crippen molar-refractivity contribution in [1.29, 1.82) is 0 Å². The lowest BCUT2D eigenvalue weighted by Gasteiger charge is -2.32. The van der Waals surface area contributed by atoms with E-state index in [9.17, 15) is 9.59 Å². The molecule has 0 atom stereocenters. The molecule has 0 unspecified atom stereocenters. The molecule has 0 fully saturated rings. The van der Waals surface area contributed by atoms with E-state index >= 15 is 0 Å². The highest BCUT2D eigenvalue weighted by Gasteiger charge is 2.33. The molecule has 0 spiro atoms. The number of para-hydroxylation sites is 1. The fourth-order valence-electron chi connectivity index (χ4n) is 3.02. The van der Waals surface area contributed by atoms with Crippen LogP contribution in [0.2, 0.25) is 0 Å². The number of carbonyl (C=O) groups is 2. The number of hydrogen-bond acceptors (Lipinski definition) is 6. The first kappa shape index (κ1) is 18.7. The highest BCUT2D eigenvalue weighted by atomic mass is 16.5. The Kier molecular flexibility index (Phi) is 5.57. The van der Waals surface area contributed by atoms with Crippen LogP contribution in [0, 0.1) is 6.92 Å². The first-order chi connectivity index (χ1) is 13.1. The SMILES string of the molecule is COC(=O)C1=C(C(=O)OC)N(c2ccccc2-c2ccc(C)cc2)COC1. The molecular weight excluding hydrogens is 346 g/mol. The molecule has 1 aliphatic rings. The van der Waals surface area contributed by atoms with Crippen LogP contribution in [-0.2, 0) is 23.8 Å². The Morgan fingerprint density at radius 3 is 2.30 bits per heavy atom. The summed E-state index contributed by atoms with van der Waals surface area (Å²) in [6.07, 6.45) is 0. The van der Waals surface area contributed by atoms with Crippen LogP contribution in [0.25, 0.3) is 11.1 Å². The molecule has 27 heavy (non-hydrogen) atoms. The van der Waals surface area contributed by atoms with Crippen molar-refractivity contribution in [3.8, 4) is 11.1 Å². The summed E-state index contributed by atoms with van der Waals surface area (Å²) >= 11 is 0. The minimum Gasteiger partial charge on any atom is -0.466 e. The van der Waals surface area contributed by atoms with E-state index < -0.39 is 11.9 Å². The Labute approximate surface area is 158 Å². The molecule has 1 aliphatic heterocycles. The van der Waals surface area contributed by atoms with Gasteiger partial charge in [-0.05, 0) is 18.6 Å². The van der Waals surface area contributed by atoms with Crippen LogP contribution < -0.4 is 4.90 Å². The van der Waals surface area contributed by atoms with E-state index in [1.807, 2.05) is 55.5 Å². The molecular formula is C21H21NO5. The largest absolute Gasteiger partial charge is 0.466 e. The van der Waals surface area contributed by atoms with Gasteiger partial charge in [0, 0.05) is 5.56 Å². The number of methoxy groups -OCH3 is 2. The molecule has 3 rings (SSSR count). The number of carbonyl (C=O) groups excluding carboxylic acids is 2. The Bertz CT molecular complexity index is 886. The molecule has 0 aliphatic carbocycles. The summed E-state index contributed by atoms with van der Waals surface area (Å²) in [5.74, 6) is -1.23. The van der Waals surface area contributed by atoms with Crippen LogP contribution >= 0.6 is 0 Å². The van der Waals surface area contributed by atoms with E-state index in [0.29, 0.717) is 0 Å². The van der Waals surface area contributed by atoms with Gasteiger partial charge in [-0.2, -0.15) is 0 Å². The van der Waals surface area contributed by atoms with Crippen LogP contribution in [0.3, 0.4) is 0 Å². The van der Waals surface area contributed by atoms with Gasteiger partial charge in [0.2, 0.25) is 0 Å². The maximum atomic E-state index is 12.5. The van der Waals surface area contributed by atoms with Crippen molar-refractivity contribution in [3.63, 3.8) is 0 Å². The average Bonchev–Trinajstić information content (AvgIpc) is 2.72. The van der Waals surface area contributed by atoms with Crippen molar-refractivity contribution >= 4 is 17.6 Å². The van der Waals surface area contributed by atoms with Gasteiger partial charge in [-0.15, -0.1) is 0 Å². The number of hydrogen-bond donors (Lipinski definition) is 0. The van der Waals surface area contributed by atoms with Crippen molar-refractivity contribution in [2.24, 2.45) is 0 Å². The quantitative estimate of drug-likeness (QED) is 0.774. The third-order valence-electron chi connectivity index (χ3n) is 4.39. The van der Waals surface area contributed by atoms with Gasteiger partial charge in [-0.1, -0.05) is 48.0 Å². The molecule has 0 bridgehead atoms. The Hall–Kier alpha value is -3.12. The topological polar surface area (TPSA) is 65.1 Å². The fraction of sp³-hybridized carbons (Fsp3) is 0.238. The minimum absolute atomic E-state index is 0.0136. The number of anilines is 1. The molecule has 140 valence electrons. The minimum atomic E-state index is -0.618. The smallest absolute Gasteiger partial charge is 0.355 e. The van der Waals surface area contributed by atoms with E-state index in [2.05, 4.69) is 0 Å². The molecule has 0 saturated heterocycles. The zero-order valence-electron chi connectivity index (χ0n) is 15.5. The molecule has 0 amide bonds. The molecule has 0 saturated carbocycles. The molecule has 1 heterocycles. The summed E-state index contributed by atoms with van der Waals surface area (Å²) in [5, 5.41) is 0. The van der Waals surface area contributed by atoms with E-state index in [1.165, 1.54) is 14.2 Å². The second-order valence-electron chi connectivity index (χ2n) is 6.10. The van der Waals surface area contributed by atoms with E-state index in [4.69, 9.17) is 14.2 Å². The summed E-state index contributed by atoms with van der Waals surface area (Å²) in [7, 11) is 2.55. The third-order valence-corrected chi connectivity index (χ3v) is 4.39. The predicted octanol–water partition coefficient (Wildman–Crippen LogP) is 3.06. The van der Waals surface area contributed by atoms with Crippen LogP contribution in [0.5, 0.6) is 0 Å². The van der Waals surface area contributed by atoms with Crippen molar-refractivity contribution in [3.05, 3.63) is 65.4 Å². The summed E-state index contributed by atoms with van der Waals surface area (Å²) < 4.78 is 15.3. The number of esters is 2. The van der Waals surface area contributed by atoms with Gasteiger partial charge in [0.15, 0.2) is 0 Å². The molecule has 2 aromatic carbocycles. The normalized spacial score (nSPS) is 14.1. The predicted molar refractivity (Wildman–Crippen MR) is 101 cm³/mol. The Balaban J connectivity index is 2.16. The molecule has 6 nitrogen and oxygen atoms in total. The van der Waals surface area contributed by atoms with Gasteiger partial charge in [-0.3, -0.25) is 0 Å². The summed E-state index contributed by atoms with van der Waals surface area (Å²) in [6.45, 7) is 2.13. The fourth-order valence-corrected chi connectivity index (χ4v) is 3.02. The average molecular weight is 367 g/mol. The van der Waals surface area contributed by atoms with Crippen LogP contribution in [0.1, 0.15) is 5.56 Å². The van der Waals surface area contributed by atoms with Gasteiger partial charge in [-0.25, -0.2) is 9.59 Å². The number of aryl methyl sites for hydroxylation is 1. The lowest BCUT2D eigenvalue weighted by Crippen LogP contribution is -2.39. The number of nitrogens with zero attached hydrogens (tertiary/aromatic N) is 1. The lowest BCUT2D eigenvalue weighted by molar-refractivity contribution is -0.140. The maximum Gasteiger partial charge on any atom is 0.355 e. The van der Waals surface area contributed by atoms with Crippen molar-refractivity contribution in [2.45, 2.75) is 6.92 Å². The maximum absolute atomic E-state index is 12.5. The second-order valence-corrected chi connectivity index (χ2v) is 6.10. The standard InChI is InChI=1S/C21H21NO5/c1-14-8-10-15(11-9-14)16-6-4-5-7-18(16)22-13-27-12-17(20(23)25-2)19(22)21(24)26-3/h4-11H,12-13H2,1-3H3. The molecule has 6 heteroatoms.